The third kappa shape index (κ3) is 7.08. The number of esters is 1. The number of carbonyl (C=O) groups excluding carboxylic acids is 2. The molecule has 2 atom stereocenters. The number of aliphatic hydroxyl groups excluding tert-OH is 1. The Morgan fingerprint density at radius 1 is 0.968 bits per heavy atom. The molecular weight excluding hydrogens is 396 g/mol. The summed E-state index contributed by atoms with van der Waals surface area (Å²) in [4.78, 5) is 27.1. The average molecular weight is 427 g/mol. The molecule has 1 heterocycles. The molecule has 1 aliphatic heterocycles. The Balaban J connectivity index is 1.62. The number of piperidine rings is 1. The van der Waals surface area contributed by atoms with Crippen LogP contribution in [0.25, 0.3) is 0 Å². The van der Waals surface area contributed by atoms with Crippen LogP contribution >= 0.6 is 0 Å². The van der Waals surface area contributed by atoms with Crippen LogP contribution in [0.4, 0.5) is 4.79 Å². The Hall–Kier alpha value is -2.90. The Kier molecular flexibility index (Phi) is 8.87. The summed E-state index contributed by atoms with van der Waals surface area (Å²) < 4.78 is 11.0. The molecule has 7 heteroatoms. The molecule has 0 bridgehead atoms. The van der Waals surface area contributed by atoms with Crippen LogP contribution in [0.2, 0.25) is 0 Å². The van der Waals surface area contributed by atoms with Gasteiger partial charge in [0, 0.05) is 19.2 Å². The van der Waals surface area contributed by atoms with Crippen LogP contribution in [-0.2, 0) is 27.5 Å². The van der Waals surface area contributed by atoms with Crippen LogP contribution in [0, 0.1) is 0 Å². The molecule has 0 aromatic heterocycles. The summed E-state index contributed by atoms with van der Waals surface area (Å²) in [5.41, 5.74) is 1.78. The lowest BCUT2D eigenvalue weighted by atomic mass is 9.97. The second-order valence-electron chi connectivity index (χ2n) is 7.60. The summed E-state index contributed by atoms with van der Waals surface area (Å²) in [6.45, 7) is 1.48. The van der Waals surface area contributed by atoms with Crippen LogP contribution in [0.15, 0.2) is 60.7 Å². The first kappa shape index (κ1) is 22.8. The van der Waals surface area contributed by atoms with Gasteiger partial charge in [0.2, 0.25) is 0 Å². The zero-order valence-corrected chi connectivity index (χ0v) is 17.6. The molecule has 1 saturated heterocycles. The molecule has 2 unspecified atom stereocenters. The van der Waals surface area contributed by atoms with Gasteiger partial charge in [-0.2, -0.15) is 0 Å². The van der Waals surface area contributed by atoms with Crippen molar-refractivity contribution in [1.82, 2.24) is 10.2 Å². The van der Waals surface area contributed by atoms with Crippen molar-refractivity contribution in [2.24, 2.45) is 0 Å². The standard InChI is InChI=1S/C24H30N2O5/c27-15-7-13-25-21-12-14-26(24(29)31-18-20-10-5-2-6-11-20)22(16-21)23(28)30-17-19-8-3-1-4-9-19/h1-6,8-11,21-22,25,27H,7,12-18H2. The normalized spacial score (nSPS) is 18.4. The number of benzene rings is 2. The molecule has 2 aromatic rings. The molecule has 166 valence electrons. The average Bonchev–Trinajstić information content (AvgIpc) is 2.82. The molecule has 3 rings (SSSR count). The van der Waals surface area contributed by atoms with Crippen LogP contribution in [0.3, 0.4) is 0 Å². The van der Waals surface area contributed by atoms with Crippen molar-refractivity contribution in [3.63, 3.8) is 0 Å². The van der Waals surface area contributed by atoms with E-state index in [1.807, 2.05) is 60.7 Å². The summed E-state index contributed by atoms with van der Waals surface area (Å²) >= 11 is 0. The lowest BCUT2D eigenvalue weighted by molar-refractivity contribution is -0.152. The predicted molar refractivity (Wildman–Crippen MR) is 116 cm³/mol. The number of ether oxygens (including phenoxy) is 2. The van der Waals surface area contributed by atoms with Gasteiger partial charge in [0.05, 0.1) is 0 Å². The topological polar surface area (TPSA) is 88.1 Å². The number of likely N-dealkylation sites (tertiary alicyclic amines) is 1. The van der Waals surface area contributed by atoms with E-state index in [2.05, 4.69) is 5.32 Å². The SMILES string of the molecule is O=C(OCc1ccccc1)C1CC(NCCCO)CCN1C(=O)OCc1ccccc1. The third-order valence-corrected chi connectivity index (χ3v) is 5.31. The fraction of sp³-hybridized carbons (Fsp3) is 0.417. The van der Waals surface area contributed by atoms with E-state index >= 15 is 0 Å². The maximum Gasteiger partial charge on any atom is 0.410 e. The Labute approximate surface area is 183 Å². The fourth-order valence-electron chi connectivity index (χ4n) is 3.61. The predicted octanol–water partition coefficient (Wildman–Crippen LogP) is 2.87. The van der Waals surface area contributed by atoms with Crippen molar-refractivity contribution in [3.8, 4) is 0 Å². The third-order valence-electron chi connectivity index (χ3n) is 5.31. The molecule has 1 fully saturated rings. The number of nitrogens with one attached hydrogen (secondary N) is 1. The van der Waals surface area contributed by atoms with Crippen LogP contribution < -0.4 is 5.32 Å². The van der Waals surface area contributed by atoms with Crippen LogP contribution in [-0.4, -0.2) is 53.8 Å². The van der Waals surface area contributed by atoms with Crippen LogP contribution in [0.5, 0.6) is 0 Å². The summed E-state index contributed by atoms with van der Waals surface area (Å²) in [5, 5.41) is 12.4. The van der Waals surface area contributed by atoms with E-state index in [4.69, 9.17) is 14.6 Å². The van der Waals surface area contributed by atoms with E-state index < -0.39 is 18.1 Å². The fourth-order valence-corrected chi connectivity index (χ4v) is 3.61. The first-order valence-electron chi connectivity index (χ1n) is 10.7. The van der Waals surface area contributed by atoms with E-state index in [1.165, 1.54) is 4.90 Å². The van der Waals surface area contributed by atoms with Gasteiger partial charge in [-0.3, -0.25) is 4.90 Å². The summed E-state index contributed by atoms with van der Waals surface area (Å²) in [6, 6.07) is 18.2. The van der Waals surface area contributed by atoms with E-state index in [0.29, 0.717) is 32.4 Å². The van der Waals surface area contributed by atoms with Gasteiger partial charge in [0.15, 0.2) is 0 Å². The molecule has 31 heavy (non-hydrogen) atoms. The van der Waals surface area contributed by atoms with E-state index in [-0.39, 0.29) is 25.9 Å². The zero-order chi connectivity index (χ0) is 21.9. The molecule has 0 aliphatic carbocycles. The highest BCUT2D eigenvalue weighted by atomic mass is 16.6. The van der Waals surface area contributed by atoms with Crippen molar-refractivity contribution in [3.05, 3.63) is 71.8 Å². The molecule has 0 radical (unpaired) electrons. The maximum absolute atomic E-state index is 12.9. The molecule has 1 aliphatic rings. The highest BCUT2D eigenvalue weighted by molar-refractivity contribution is 5.81. The zero-order valence-electron chi connectivity index (χ0n) is 17.6. The molecule has 0 spiro atoms. The molecule has 0 saturated carbocycles. The van der Waals surface area contributed by atoms with Crippen LogP contribution in [0.1, 0.15) is 30.4 Å². The number of aliphatic hydroxyl groups is 1. The van der Waals surface area contributed by atoms with Gasteiger partial charge < -0.3 is 19.9 Å². The molecule has 7 nitrogen and oxygen atoms in total. The van der Waals surface area contributed by atoms with Crippen molar-refractivity contribution < 1.29 is 24.2 Å². The summed E-state index contributed by atoms with van der Waals surface area (Å²) in [6.07, 6.45) is 1.27. The monoisotopic (exact) mass is 426 g/mol. The van der Waals surface area contributed by atoms with Crippen molar-refractivity contribution in [2.75, 3.05) is 19.7 Å². The summed E-state index contributed by atoms with van der Waals surface area (Å²) in [7, 11) is 0. The van der Waals surface area contributed by atoms with Gasteiger partial charge in [-0.05, 0) is 36.9 Å². The lowest BCUT2D eigenvalue weighted by Gasteiger charge is -2.37. The Morgan fingerprint density at radius 2 is 1.58 bits per heavy atom. The van der Waals surface area contributed by atoms with Gasteiger partial charge in [0.25, 0.3) is 0 Å². The largest absolute Gasteiger partial charge is 0.459 e. The first-order chi connectivity index (χ1) is 15.2. The number of nitrogens with zero attached hydrogens (tertiary/aromatic N) is 1. The number of rotatable bonds is 9. The smallest absolute Gasteiger partial charge is 0.410 e. The number of amides is 1. The van der Waals surface area contributed by atoms with Gasteiger partial charge >= 0.3 is 12.1 Å². The second kappa shape index (κ2) is 12.1. The molecule has 1 amide bonds. The van der Waals surface area contributed by atoms with Gasteiger partial charge in [-0.25, -0.2) is 9.59 Å². The van der Waals surface area contributed by atoms with E-state index in [1.54, 1.807) is 0 Å². The minimum atomic E-state index is -0.715. The van der Waals surface area contributed by atoms with Crippen molar-refractivity contribution in [1.29, 1.82) is 0 Å². The quantitative estimate of drug-likeness (QED) is 0.474. The molecule has 2 aromatic carbocycles. The first-order valence-corrected chi connectivity index (χ1v) is 10.7. The van der Waals surface area contributed by atoms with Gasteiger partial charge in [0.1, 0.15) is 19.3 Å². The maximum atomic E-state index is 12.9. The lowest BCUT2D eigenvalue weighted by Crippen LogP contribution is -2.54. The molecule has 2 N–H and O–H groups in total. The van der Waals surface area contributed by atoms with E-state index in [0.717, 1.165) is 11.1 Å². The number of hydrogen-bond acceptors (Lipinski definition) is 6. The van der Waals surface area contributed by atoms with Crippen molar-refractivity contribution in [2.45, 2.75) is 44.6 Å². The molecular formula is C24H30N2O5. The van der Waals surface area contributed by atoms with Gasteiger partial charge in [-0.1, -0.05) is 60.7 Å². The Morgan fingerprint density at radius 3 is 2.19 bits per heavy atom. The Bertz CT molecular complexity index is 815. The minimum absolute atomic E-state index is 0.0685. The number of carbonyl (C=O) groups is 2. The van der Waals surface area contributed by atoms with Crippen molar-refractivity contribution >= 4 is 12.1 Å². The highest BCUT2D eigenvalue weighted by Crippen LogP contribution is 2.21. The van der Waals surface area contributed by atoms with E-state index in [9.17, 15) is 9.59 Å². The summed E-state index contributed by atoms with van der Waals surface area (Å²) in [5.74, 6) is -0.436. The second-order valence-corrected chi connectivity index (χ2v) is 7.60. The number of hydrogen-bond donors (Lipinski definition) is 2. The minimum Gasteiger partial charge on any atom is -0.459 e. The van der Waals surface area contributed by atoms with Gasteiger partial charge in [-0.15, -0.1) is 0 Å². The highest BCUT2D eigenvalue weighted by Gasteiger charge is 2.38.